The molecule has 1 rings (SSSR count). The van der Waals surface area contributed by atoms with E-state index in [0.717, 1.165) is 19.2 Å². The maximum Gasteiger partial charge on any atom is 0.421 e. The van der Waals surface area contributed by atoms with E-state index in [4.69, 9.17) is 17.3 Å². The summed E-state index contributed by atoms with van der Waals surface area (Å²) in [7, 11) is 0.839. The van der Waals surface area contributed by atoms with Gasteiger partial charge in [0.25, 0.3) is 0 Å². The largest absolute Gasteiger partial charge is 0.467 e. The van der Waals surface area contributed by atoms with E-state index < -0.39 is 23.2 Å². The van der Waals surface area contributed by atoms with Gasteiger partial charge in [-0.3, -0.25) is 0 Å². The van der Waals surface area contributed by atoms with Crippen molar-refractivity contribution in [2.45, 2.75) is 11.7 Å². The quantitative estimate of drug-likeness (QED) is 0.836. The summed E-state index contributed by atoms with van der Waals surface area (Å²) in [6.07, 6.45) is -4.96. The maximum atomic E-state index is 12.9. The van der Waals surface area contributed by atoms with Crippen LogP contribution in [0.1, 0.15) is 5.56 Å². The average Bonchev–Trinajstić information content (AvgIpc) is 2.26. The Morgan fingerprint density at radius 1 is 1.29 bits per heavy atom. The molecule has 2 N–H and O–H groups in total. The van der Waals surface area contributed by atoms with Crippen LogP contribution in [0.2, 0.25) is 5.02 Å². The molecule has 1 atom stereocenters. The highest BCUT2D eigenvalue weighted by Gasteiger charge is 2.60. The molecule has 0 spiro atoms. The maximum absolute atomic E-state index is 12.9. The van der Waals surface area contributed by atoms with E-state index in [1.807, 2.05) is 0 Å². The first-order valence-corrected chi connectivity index (χ1v) is 4.81. The van der Waals surface area contributed by atoms with Gasteiger partial charge >= 0.3 is 12.1 Å². The standard InChI is InChI=1S/C10H9ClF3NO2/c1-17-8(16)9(15,10(12,13)14)6-2-4-7(11)5-3-6/h2-5H,15H2,1H3. The van der Waals surface area contributed by atoms with Gasteiger partial charge in [0.15, 0.2) is 0 Å². The molecule has 1 unspecified atom stereocenters. The summed E-state index contributed by atoms with van der Waals surface area (Å²) < 4.78 is 42.7. The van der Waals surface area contributed by atoms with Crippen LogP contribution < -0.4 is 5.73 Å². The van der Waals surface area contributed by atoms with Crippen LogP contribution in [0.4, 0.5) is 13.2 Å². The second-order valence-corrected chi connectivity index (χ2v) is 3.74. The number of esters is 1. The number of ether oxygens (including phenoxy) is 1. The number of methoxy groups -OCH3 is 1. The lowest BCUT2D eigenvalue weighted by atomic mass is 9.90. The Labute approximate surface area is 100 Å². The van der Waals surface area contributed by atoms with E-state index in [9.17, 15) is 18.0 Å². The molecule has 0 bridgehead atoms. The third kappa shape index (κ3) is 2.37. The third-order valence-corrected chi connectivity index (χ3v) is 2.51. The van der Waals surface area contributed by atoms with E-state index in [1.54, 1.807) is 0 Å². The minimum absolute atomic E-state index is 0.239. The number of hydrogen-bond acceptors (Lipinski definition) is 3. The summed E-state index contributed by atoms with van der Waals surface area (Å²) in [6.45, 7) is 0. The van der Waals surface area contributed by atoms with Crippen LogP contribution in [0.25, 0.3) is 0 Å². The summed E-state index contributed by atoms with van der Waals surface area (Å²) in [5, 5.41) is 0.239. The number of halogens is 4. The lowest BCUT2D eigenvalue weighted by molar-refractivity contribution is -0.206. The van der Waals surface area contributed by atoms with E-state index in [1.165, 1.54) is 12.1 Å². The van der Waals surface area contributed by atoms with Crippen molar-refractivity contribution in [3.63, 3.8) is 0 Å². The van der Waals surface area contributed by atoms with Crippen LogP contribution in [0.5, 0.6) is 0 Å². The molecule has 0 saturated heterocycles. The van der Waals surface area contributed by atoms with Crippen molar-refractivity contribution >= 4 is 17.6 Å². The summed E-state index contributed by atoms with van der Waals surface area (Å²) >= 11 is 5.55. The van der Waals surface area contributed by atoms with E-state index in [-0.39, 0.29) is 5.02 Å². The van der Waals surface area contributed by atoms with Gasteiger partial charge in [-0.05, 0) is 17.7 Å². The summed E-state index contributed by atoms with van der Waals surface area (Å²) in [5.74, 6) is -1.58. The monoisotopic (exact) mass is 267 g/mol. The fourth-order valence-electron chi connectivity index (χ4n) is 1.27. The molecule has 1 aromatic carbocycles. The Bertz CT molecular complexity index is 419. The van der Waals surface area contributed by atoms with Crippen molar-refractivity contribution in [3.05, 3.63) is 34.9 Å². The van der Waals surface area contributed by atoms with Gasteiger partial charge in [-0.2, -0.15) is 13.2 Å². The molecule has 7 heteroatoms. The number of alkyl halides is 3. The Hall–Kier alpha value is -1.27. The molecule has 0 aliphatic rings. The van der Waals surface area contributed by atoms with Crippen LogP contribution >= 0.6 is 11.6 Å². The number of benzene rings is 1. The molecule has 0 amide bonds. The van der Waals surface area contributed by atoms with Gasteiger partial charge in [0, 0.05) is 5.02 Å². The lowest BCUT2D eigenvalue weighted by Crippen LogP contribution is -2.57. The Kier molecular flexibility index (Phi) is 3.68. The molecule has 0 aliphatic heterocycles. The van der Waals surface area contributed by atoms with Gasteiger partial charge in [-0.15, -0.1) is 0 Å². The first-order valence-electron chi connectivity index (χ1n) is 4.43. The number of hydrogen-bond donors (Lipinski definition) is 1. The zero-order valence-electron chi connectivity index (χ0n) is 8.72. The fourth-order valence-corrected chi connectivity index (χ4v) is 1.40. The smallest absolute Gasteiger partial charge is 0.421 e. The third-order valence-electron chi connectivity index (χ3n) is 2.25. The highest BCUT2D eigenvalue weighted by molar-refractivity contribution is 6.30. The van der Waals surface area contributed by atoms with Crippen molar-refractivity contribution in [2.24, 2.45) is 5.73 Å². The SMILES string of the molecule is COC(=O)C(N)(c1ccc(Cl)cc1)C(F)(F)F. The second-order valence-electron chi connectivity index (χ2n) is 3.30. The zero-order valence-corrected chi connectivity index (χ0v) is 9.47. The molecule has 0 heterocycles. The van der Waals surface area contributed by atoms with Crippen LogP contribution in [0, 0.1) is 0 Å². The van der Waals surface area contributed by atoms with Gasteiger partial charge in [0.1, 0.15) is 0 Å². The number of rotatable bonds is 2. The normalized spacial score (nSPS) is 15.2. The Morgan fingerprint density at radius 2 is 1.76 bits per heavy atom. The fraction of sp³-hybridized carbons (Fsp3) is 0.300. The van der Waals surface area contributed by atoms with Gasteiger partial charge in [0.2, 0.25) is 5.54 Å². The highest BCUT2D eigenvalue weighted by Crippen LogP contribution is 2.38. The van der Waals surface area contributed by atoms with Crippen LogP contribution in [-0.2, 0) is 15.1 Å². The summed E-state index contributed by atoms with van der Waals surface area (Å²) in [4.78, 5) is 11.3. The molecule has 0 aliphatic carbocycles. The summed E-state index contributed by atoms with van der Waals surface area (Å²) in [5.41, 5.74) is 1.54. The van der Waals surface area contributed by atoms with Gasteiger partial charge in [-0.25, -0.2) is 4.79 Å². The molecule has 0 aromatic heterocycles. The zero-order chi connectivity index (χ0) is 13.3. The van der Waals surface area contributed by atoms with Crippen molar-refractivity contribution in [1.82, 2.24) is 0 Å². The molecular weight excluding hydrogens is 259 g/mol. The van der Waals surface area contributed by atoms with Crippen LogP contribution in [0.15, 0.2) is 24.3 Å². The first-order chi connectivity index (χ1) is 7.73. The topological polar surface area (TPSA) is 52.3 Å². The minimum Gasteiger partial charge on any atom is -0.467 e. The van der Waals surface area contributed by atoms with Gasteiger partial charge in [0.05, 0.1) is 7.11 Å². The average molecular weight is 268 g/mol. The predicted octanol–water partition coefficient (Wildman–Crippen LogP) is 2.23. The molecule has 0 fully saturated rings. The van der Waals surface area contributed by atoms with Crippen molar-refractivity contribution in [3.8, 4) is 0 Å². The number of carbonyl (C=O) groups excluding carboxylic acids is 1. The molecule has 1 aromatic rings. The Morgan fingerprint density at radius 3 is 2.12 bits per heavy atom. The number of carbonyl (C=O) groups is 1. The van der Waals surface area contributed by atoms with Gasteiger partial charge < -0.3 is 10.5 Å². The molecular formula is C10H9ClF3NO2. The second kappa shape index (κ2) is 4.54. The van der Waals surface area contributed by atoms with Crippen molar-refractivity contribution < 1.29 is 22.7 Å². The van der Waals surface area contributed by atoms with Crippen LogP contribution in [0.3, 0.4) is 0 Å². The van der Waals surface area contributed by atoms with E-state index in [2.05, 4.69) is 4.74 Å². The highest BCUT2D eigenvalue weighted by atomic mass is 35.5. The molecule has 0 saturated carbocycles. The lowest BCUT2D eigenvalue weighted by Gasteiger charge is -2.29. The molecule has 3 nitrogen and oxygen atoms in total. The minimum atomic E-state index is -4.96. The van der Waals surface area contributed by atoms with Crippen LogP contribution in [-0.4, -0.2) is 19.3 Å². The predicted molar refractivity (Wildman–Crippen MR) is 55.4 cm³/mol. The molecule has 17 heavy (non-hydrogen) atoms. The van der Waals surface area contributed by atoms with E-state index in [0.29, 0.717) is 0 Å². The van der Waals surface area contributed by atoms with Crippen molar-refractivity contribution in [1.29, 1.82) is 0 Å². The summed E-state index contributed by atoms with van der Waals surface area (Å²) in [6, 6.07) is 4.50. The van der Waals surface area contributed by atoms with Gasteiger partial charge in [-0.1, -0.05) is 23.7 Å². The number of nitrogens with two attached hydrogens (primary N) is 1. The molecule has 94 valence electrons. The van der Waals surface area contributed by atoms with Crippen molar-refractivity contribution in [2.75, 3.05) is 7.11 Å². The first kappa shape index (κ1) is 13.8. The van der Waals surface area contributed by atoms with E-state index >= 15 is 0 Å². The molecule has 0 radical (unpaired) electrons. The Balaban J connectivity index is 3.34.